The first-order chi connectivity index (χ1) is 13.2. The number of rotatable bonds is 9. The maximum atomic E-state index is 13.0. The molecule has 1 atom stereocenters. The molecule has 1 unspecified atom stereocenters. The number of carbonyl (C=O) groups is 2. The van der Waals surface area contributed by atoms with Gasteiger partial charge in [-0.05, 0) is 32.6 Å². The van der Waals surface area contributed by atoms with Gasteiger partial charge in [0.05, 0.1) is 19.3 Å². The molecule has 0 aromatic rings. The van der Waals surface area contributed by atoms with Crippen molar-refractivity contribution in [2.45, 2.75) is 45.1 Å². The molecule has 7 nitrogen and oxygen atoms in total. The van der Waals surface area contributed by atoms with Crippen LogP contribution in [-0.4, -0.2) is 98.3 Å². The van der Waals surface area contributed by atoms with Gasteiger partial charge in [-0.25, -0.2) is 0 Å². The first-order valence-corrected chi connectivity index (χ1v) is 10.6. The van der Waals surface area contributed by atoms with E-state index < -0.39 is 0 Å². The molecular formula is C20H35N3O4. The fourth-order valence-corrected chi connectivity index (χ4v) is 4.16. The van der Waals surface area contributed by atoms with Gasteiger partial charge in [0.15, 0.2) is 0 Å². The lowest BCUT2D eigenvalue weighted by Crippen LogP contribution is -2.48. The Morgan fingerprint density at radius 1 is 1.15 bits per heavy atom. The summed E-state index contributed by atoms with van der Waals surface area (Å²) in [6.07, 6.45) is 5.09. The van der Waals surface area contributed by atoms with Gasteiger partial charge in [0.2, 0.25) is 11.8 Å². The molecule has 1 saturated carbocycles. The van der Waals surface area contributed by atoms with E-state index in [1.54, 1.807) is 0 Å². The number of carbonyl (C=O) groups excluding carboxylic acids is 2. The Labute approximate surface area is 162 Å². The number of hydrogen-bond acceptors (Lipinski definition) is 5. The Bertz CT molecular complexity index is 492. The van der Waals surface area contributed by atoms with Crippen molar-refractivity contribution in [2.24, 2.45) is 5.92 Å². The zero-order chi connectivity index (χ0) is 19.1. The Morgan fingerprint density at radius 3 is 2.59 bits per heavy atom. The van der Waals surface area contributed by atoms with E-state index in [9.17, 15) is 9.59 Å². The molecule has 7 heteroatoms. The minimum Gasteiger partial charge on any atom is -0.379 e. The lowest BCUT2D eigenvalue weighted by molar-refractivity contribution is -0.141. The number of amides is 2. The standard InChI is InChI=1S/C20H35N3O4/c1-2-26-16-19(24)22-10-7-18(15-22)23(20(25)17-5-3-6-17)9-4-8-21-11-13-27-14-12-21/h17-18H,2-16H2,1H3. The average molecular weight is 382 g/mol. The second kappa shape index (κ2) is 10.4. The van der Waals surface area contributed by atoms with Crippen molar-refractivity contribution in [1.29, 1.82) is 0 Å². The molecule has 3 aliphatic rings. The van der Waals surface area contributed by atoms with Crippen LogP contribution in [-0.2, 0) is 19.1 Å². The third-order valence-corrected chi connectivity index (χ3v) is 6.10. The molecule has 2 saturated heterocycles. The fourth-order valence-electron chi connectivity index (χ4n) is 4.16. The highest BCUT2D eigenvalue weighted by Gasteiger charge is 2.37. The summed E-state index contributed by atoms with van der Waals surface area (Å²) in [5.74, 6) is 0.567. The minimum atomic E-state index is 0.0451. The van der Waals surface area contributed by atoms with Crippen LogP contribution < -0.4 is 0 Å². The summed E-state index contributed by atoms with van der Waals surface area (Å²) >= 11 is 0. The molecule has 0 bridgehead atoms. The van der Waals surface area contributed by atoms with Crippen molar-refractivity contribution in [3.8, 4) is 0 Å². The van der Waals surface area contributed by atoms with E-state index in [2.05, 4.69) is 9.80 Å². The van der Waals surface area contributed by atoms with Gasteiger partial charge in [-0.15, -0.1) is 0 Å². The van der Waals surface area contributed by atoms with E-state index in [0.29, 0.717) is 19.1 Å². The van der Waals surface area contributed by atoms with Crippen LogP contribution in [0.25, 0.3) is 0 Å². The second-order valence-corrected chi connectivity index (χ2v) is 7.89. The van der Waals surface area contributed by atoms with Gasteiger partial charge >= 0.3 is 0 Å². The zero-order valence-corrected chi connectivity index (χ0v) is 16.7. The number of likely N-dealkylation sites (tertiary alicyclic amines) is 1. The van der Waals surface area contributed by atoms with Gasteiger partial charge in [-0.2, -0.15) is 0 Å². The van der Waals surface area contributed by atoms with Crippen molar-refractivity contribution >= 4 is 11.8 Å². The molecule has 3 fully saturated rings. The molecule has 1 aliphatic carbocycles. The quantitative estimate of drug-likeness (QED) is 0.596. The summed E-state index contributed by atoms with van der Waals surface area (Å²) in [5.41, 5.74) is 0. The first kappa shape index (κ1) is 20.6. The average Bonchev–Trinajstić information content (AvgIpc) is 3.12. The van der Waals surface area contributed by atoms with Gasteiger partial charge < -0.3 is 19.3 Å². The van der Waals surface area contributed by atoms with E-state index >= 15 is 0 Å². The monoisotopic (exact) mass is 381 g/mol. The topological polar surface area (TPSA) is 62.3 Å². The SMILES string of the molecule is CCOCC(=O)N1CCC(N(CCCN2CCOCC2)C(=O)C2CCC2)C1. The Morgan fingerprint density at radius 2 is 1.93 bits per heavy atom. The predicted octanol–water partition coefficient (Wildman–Crippen LogP) is 0.975. The normalized spacial score (nSPS) is 24.0. The second-order valence-electron chi connectivity index (χ2n) is 7.89. The summed E-state index contributed by atoms with van der Waals surface area (Å²) in [5, 5.41) is 0. The molecule has 0 aromatic carbocycles. The highest BCUT2D eigenvalue weighted by Crippen LogP contribution is 2.30. The van der Waals surface area contributed by atoms with E-state index in [4.69, 9.17) is 9.47 Å². The van der Waals surface area contributed by atoms with Crippen LogP contribution in [0.5, 0.6) is 0 Å². The first-order valence-electron chi connectivity index (χ1n) is 10.6. The highest BCUT2D eigenvalue weighted by atomic mass is 16.5. The lowest BCUT2D eigenvalue weighted by Gasteiger charge is -2.36. The Hall–Kier alpha value is -1.18. The Balaban J connectivity index is 1.51. The van der Waals surface area contributed by atoms with Gasteiger partial charge in [0.25, 0.3) is 0 Å². The third-order valence-electron chi connectivity index (χ3n) is 6.10. The van der Waals surface area contributed by atoms with Gasteiger partial charge in [0.1, 0.15) is 6.61 Å². The molecule has 2 amide bonds. The molecule has 3 rings (SSSR count). The van der Waals surface area contributed by atoms with E-state index in [-0.39, 0.29) is 24.5 Å². The van der Waals surface area contributed by atoms with Crippen LogP contribution in [0, 0.1) is 5.92 Å². The van der Waals surface area contributed by atoms with E-state index in [1.165, 1.54) is 6.42 Å². The molecule has 27 heavy (non-hydrogen) atoms. The van der Waals surface area contributed by atoms with Crippen molar-refractivity contribution in [1.82, 2.24) is 14.7 Å². The van der Waals surface area contributed by atoms with Crippen LogP contribution in [0.4, 0.5) is 0 Å². The fraction of sp³-hybridized carbons (Fsp3) is 0.900. The lowest BCUT2D eigenvalue weighted by atomic mass is 9.84. The molecule has 0 N–H and O–H groups in total. The van der Waals surface area contributed by atoms with E-state index in [0.717, 1.165) is 71.6 Å². The molecule has 2 aliphatic heterocycles. The van der Waals surface area contributed by atoms with Gasteiger partial charge in [-0.1, -0.05) is 6.42 Å². The van der Waals surface area contributed by atoms with Crippen LogP contribution in [0.3, 0.4) is 0 Å². The summed E-state index contributed by atoms with van der Waals surface area (Å²) < 4.78 is 10.7. The van der Waals surface area contributed by atoms with Crippen LogP contribution in [0.15, 0.2) is 0 Å². The largest absolute Gasteiger partial charge is 0.379 e. The third kappa shape index (κ3) is 5.65. The smallest absolute Gasteiger partial charge is 0.248 e. The Kier molecular flexibility index (Phi) is 7.91. The highest BCUT2D eigenvalue weighted by molar-refractivity contribution is 5.81. The molecule has 0 radical (unpaired) electrons. The predicted molar refractivity (Wildman–Crippen MR) is 102 cm³/mol. The number of ether oxygens (including phenoxy) is 2. The molecule has 0 aromatic heterocycles. The summed E-state index contributed by atoms with van der Waals surface area (Å²) in [6, 6.07) is 0.161. The van der Waals surface area contributed by atoms with E-state index in [1.807, 2.05) is 11.8 Å². The van der Waals surface area contributed by atoms with Crippen molar-refractivity contribution in [3.63, 3.8) is 0 Å². The minimum absolute atomic E-state index is 0.0451. The van der Waals surface area contributed by atoms with Crippen molar-refractivity contribution in [3.05, 3.63) is 0 Å². The summed E-state index contributed by atoms with van der Waals surface area (Å²) in [7, 11) is 0. The van der Waals surface area contributed by atoms with Crippen LogP contribution >= 0.6 is 0 Å². The molecular weight excluding hydrogens is 346 g/mol. The number of hydrogen-bond donors (Lipinski definition) is 0. The summed E-state index contributed by atoms with van der Waals surface area (Å²) in [4.78, 5) is 31.6. The van der Waals surface area contributed by atoms with Gasteiger partial charge in [-0.3, -0.25) is 14.5 Å². The summed E-state index contributed by atoms with van der Waals surface area (Å²) in [6.45, 7) is 9.38. The number of nitrogens with zero attached hydrogens (tertiary/aromatic N) is 3. The molecule has 0 spiro atoms. The van der Waals surface area contributed by atoms with Crippen molar-refractivity contribution < 1.29 is 19.1 Å². The van der Waals surface area contributed by atoms with Crippen LogP contribution in [0.2, 0.25) is 0 Å². The zero-order valence-electron chi connectivity index (χ0n) is 16.7. The number of morpholine rings is 1. The van der Waals surface area contributed by atoms with Crippen molar-refractivity contribution in [2.75, 3.05) is 65.7 Å². The van der Waals surface area contributed by atoms with Crippen LogP contribution in [0.1, 0.15) is 39.0 Å². The maximum absolute atomic E-state index is 13.0. The van der Waals surface area contributed by atoms with Gasteiger partial charge in [0, 0.05) is 51.8 Å². The maximum Gasteiger partial charge on any atom is 0.248 e. The molecule has 2 heterocycles. The molecule has 154 valence electrons.